The number of anilines is 3. The highest BCUT2D eigenvalue weighted by molar-refractivity contribution is 6.26. The lowest BCUT2D eigenvalue weighted by Crippen LogP contribution is -2.11. The van der Waals surface area contributed by atoms with Gasteiger partial charge in [0.1, 0.15) is 11.5 Å². The van der Waals surface area contributed by atoms with Gasteiger partial charge in [-0.25, -0.2) is 0 Å². The molecule has 0 radical (unpaired) electrons. The molecule has 1 heterocycles. The third-order valence-electron chi connectivity index (χ3n) is 9.80. The van der Waals surface area contributed by atoms with Crippen LogP contribution in [0.2, 0.25) is 0 Å². The maximum Gasteiger partial charge on any atom is 0.136 e. The fraction of sp³-hybridized carbons (Fsp3) is 0. The highest BCUT2D eigenvalue weighted by Crippen LogP contribution is 2.49. The first-order valence-corrected chi connectivity index (χ1v) is 16.4. The van der Waals surface area contributed by atoms with E-state index in [2.05, 4.69) is 181 Å². The van der Waals surface area contributed by atoms with Crippen LogP contribution in [0.4, 0.5) is 17.1 Å². The van der Waals surface area contributed by atoms with E-state index >= 15 is 0 Å². The third-order valence-corrected chi connectivity index (χ3v) is 9.80. The second-order valence-electron chi connectivity index (χ2n) is 12.5. The highest BCUT2D eigenvalue weighted by atomic mass is 16.3. The fourth-order valence-corrected chi connectivity index (χ4v) is 7.74. The van der Waals surface area contributed by atoms with Crippen molar-refractivity contribution in [1.29, 1.82) is 0 Å². The van der Waals surface area contributed by atoms with Crippen molar-refractivity contribution in [2.45, 2.75) is 0 Å². The van der Waals surface area contributed by atoms with Crippen molar-refractivity contribution in [3.63, 3.8) is 0 Å². The summed E-state index contributed by atoms with van der Waals surface area (Å²) < 4.78 is 6.92. The summed E-state index contributed by atoms with van der Waals surface area (Å²) in [4.78, 5) is 2.38. The summed E-state index contributed by atoms with van der Waals surface area (Å²) in [6, 6.07) is 63.0. The molecule has 224 valence electrons. The van der Waals surface area contributed by atoms with Gasteiger partial charge in [-0.1, -0.05) is 133 Å². The van der Waals surface area contributed by atoms with Crippen molar-refractivity contribution in [3.05, 3.63) is 176 Å². The second kappa shape index (κ2) is 10.6. The number of hydrogen-bond acceptors (Lipinski definition) is 2. The predicted octanol–water partition coefficient (Wildman–Crippen LogP) is 13.3. The molecule has 0 atom stereocenters. The zero-order valence-electron chi connectivity index (χ0n) is 26.1. The standard InChI is InChI=1S/C46H29NO/c1-3-14-33(15-4-1)47(34-16-5-2-6-17-34)46-39-20-9-7-18-36(39)45(37-19-8-10-21-40(37)46)42-29-28-41(48-42)35-26-24-32-23-22-30-12-11-13-31-25-27-38(35)44(32)43(30)31/h1-29H. The van der Waals surface area contributed by atoms with Gasteiger partial charge in [0.15, 0.2) is 0 Å². The van der Waals surface area contributed by atoms with E-state index in [1.807, 2.05) is 0 Å². The van der Waals surface area contributed by atoms with Crippen LogP contribution in [0, 0.1) is 0 Å². The normalized spacial score (nSPS) is 11.8. The van der Waals surface area contributed by atoms with E-state index in [1.54, 1.807) is 0 Å². The van der Waals surface area contributed by atoms with Crippen molar-refractivity contribution in [1.82, 2.24) is 0 Å². The van der Waals surface area contributed by atoms with Gasteiger partial charge in [0, 0.05) is 33.3 Å². The van der Waals surface area contributed by atoms with Crippen LogP contribution in [0.3, 0.4) is 0 Å². The van der Waals surface area contributed by atoms with E-state index in [4.69, 9.17) is 4.42 Å². The van der Waals surface area contributed by atoms with Gasteiger partial charge in [0.05, 0.1) is 5.69 Å². The van der Waals surface area contributed by atoms with Gasteiger partial charge in [0.2, 0.25) is 0 Å². The van der Waals surface area contributed by atoms with Crippen molar-refractivity contribution >= 4 is 70.9 Å². The zero-order chi connectivity index (χ0) is 31.6. The Bertz CT molecular complexity index is 2670. The number of rotatable bonds is 5. The van der Waals surface area contributed by atoms with Gasteiger partial charge in [-0.2, -0.15) is 0 Å². The predicted molar refractivity (Wildman–Crippen MR) is 203 cm³/mol. The van der Waals surface area contributed by atoms with Gasteiger partial charge < -0.3 is 9.32 Å². The van der Waals surface area contributed by atoms with Crippen molar-refractivity contribution in [2.75, 3.05) is 4.90 Å². The van der Waals surface area contributed by atoms with Gasteiger partial charge >= 0.3 is 0 Å². The second-order valence-corrected chi connectivity index (χ2v) is 12.5. The van der Waals surface area contributed by atoms with Crippen LogP contribution < -0.4 is 4.90 Å². The molecule has 2 nitrogen and oxygen atoms in total. The molecule has 0 fully saturated rings. The van der Waals surface area contributed by atoms with Gasteiger partial charge in [-0.15, -0.1) is 0 Å². The summed E-state index contributed by atoms with van der Waals surface area (Å²) in [5.74, 6) is 1.73. The lowest BCUT2D eigenvalue weighted by Gasteiger charge is -2.29. The maximum absolute atomic E-state index is 6.92. The monoisotopic (exact) mass is 611 g/mol. The van der Waals surface area contributed by atoms with Crippen molar-refractivity contribution < 1.29 is 4.42 Å². The molecule has 0 unspecified atom stereocenters. The van der Waals surface area contributed by atoms with Gasteiger partial charge in [-0.3, -0.25) is 0 Å². The summed E-state index contributed by atoms with van der Waals surface area (Å²) in [5.41, 5.74) is 5.59. The quantitative estimate of drug-likeness (QED) is 0.142. The van der Waals surface area contributed by atoms with Crippen LogP contribution in [-0.2, 0) is 0 Å². The van der Waals surface area contributed by atoms with Crippen LogP contribution in [0.1, 0.15) is 0 Å². The Hall–Kier alpha value is -6.38. The average Bonchev–Trinajstić information content (AvgIpc) is 3.64. The number of furan rings is 1. The van der Waals surface area contributed by atoms with E-state index in [-0.39, 0.29) is 0 Å². The molecule has 0 amide bonds. The summed E-state index contributed by atoms with van der Waals surface area (Å²) >= 11 is 0. The number of benzene rings is 9. The minimum atomic E-state index is 0.862. The van der Waals surface area contributed by atoms with E-state index < -0.39 is 0 Å². The van der Waals surface area contributed by atoms with Crippen molar-refractivity contribution in [3.8, 4) is 22.6 Å². The average molecular weight is 612 g/mol. The molecular formula is C46H29NO. The molecule has 9 aromatic carbocycles. The van der Waals surface area contributed by atoms with E-state index in [1.165, 1.54) is 43.1 Å². The largest absolute Gasteiger partial charge is 0.456 e. The molecular weight excluding hydrogens is 583 g/mol. The highest BCUT2D eigenvalue weighted by Gasteiger charge is 2.23. The number of hydrogen-bond donors (Lipinski definition) is 0. The lowest BCUT2D eigenvalue weighted by atomic mass is 9.91. The lowest BCUT2D eigenvalue weighted by molar-refractivity contribution is 0.599. The molecule has 0 saturated heterocycles. The van der Waals surface area contributed by atoms with E-state index in [9.17, 15) is 0 Å². The maximum atomic E-state index is 6.92. The first-order valence-electron chi connectivity index (χ1n) is 16.4. The third kappa shape index (κ3) is 4.00. The molecule has 0 aliphatic carbocycles. The minimum absolute atomic E-state index is 0.862. The Morgan fingerprint density at radius 1 is 0.333 bits per heavy atom. The number of nitrogens with zero attached hydrogens (tertiary/aromatic N) is 1. The zero-order valence-corrected chi connectivity index (χ0v) is 26.1. The molecule has 0 saturated carbocycles. The molecule has 10 aromatic rings. The summed E-state index contributed by atoms with van der Waals surface area (Å²) in [6.07, 6.45) is 0. The van der Waals surface area contributed by atoms with Crippen LogP contribution >= 0.6 is 0 Å². The molecule has 1 aromatic heterocycles. The summed E-state index contributed by atoms with van der Waals surface area (Å²) in [5, 5.41) is 12.2. The first-order chi connectivity index (χ1) is 23.8. The number of para-hydroxylation sites is 2. The molecule has 0 N–H and O–H groups in total. The molecule has 48 heavy (non-hydrogen) atoms. The van der Waals surface area contributed by atoms with Gasteiger partial charge in [-0.05, 0) is 85.6 Å². The molecule has 0 aliphatic rings. The molecule has 10 rings (SSSR count). The molecule has 0 spiro atoms. The van der Waals surface area contributed by atoms with Crippen molar-refractivity contribution in [2.24, 2.45) is 0 Å². The topological polar surface area (TPSA) is 16.4 Å². The Morgan fingerprint density at radius 2 is 0.833 bits per heavy atom. The first kappa shape index (κ1) is 26.8. The van der Waals surface area contributed by atoms with Crippen LogP contribution in [0.15, 0.2) is 180 Å². The Balaban J connectivity index is 1.22. The molecule has 0 aliphatic heterocycles. The molecule has 2 heteroatoms. The SMILES string of the molecule is c1ccc(N(c2ccccc2)c2c3ccccc3c(-c3ccc(-c4ccc5ccc6cccc7ccc4c5c67)o3)c3ccccc23)cc1. The Kier molecular flexibility index (Phi) is 5.91. The van der Waals surface area contributed by atoms with E-state index in [0.29, 0.717) is 0 Å². The molecule has 0 bridgehead atoms. The summed E-state index contributed by atoms with van der Waals surface area (Å²) in [7, 11) is 0. The van der Waals surface area contributed by atoms with E-state index in [0.717, 1.165) is 50.5 Å². The van der Waals surface area contributed by atoms with Gasteiger partial charge in [0.25, 0.3) is 0 Å². The minimum Gasteiger partial charge on any atom is -0.456 e. The Morgan fingerprint density at radius 3 is 1.46 bits per heavy atom. The van der Waals surface area contributed by atoms with Crippen LogP contribution in [0.5, 0.6) is 0 Å². The van der Waals surface area contributed by atoms with Crippen LogP contribution in [-0.4, -0.2) is 0 Å². The van der Waals surface area contributed by atoms with Crippen LogP contribution in [0.25, 0.3) is 76.5 Å². The smallest absolute Gasteiger partial charge is 0.136 e. The summed E-state index contributed by atoms with van der Waals surface area (Å²) in [6.45, 7) is 0. The number of fused-ring (bicyclic) bond motifs is 2. The fourth-order valence-electron chi connectivity index (χ4n) is 7.74. The Labute approximate surface area is 278 Å².